The van der Waals surface area contributed by atoms with E-state index in [0.29, 0.717) is 22.6 Å². The molecule has 0 spiro atoms. The number of aromatic nitrogens is 1. The molecule has 1 amide bonds. The Balaban J connectivity index is 2.01. The maximum Gasteiger partial charge on any atom is 0.230 e. The SMILES string of the molecule is Cc1cc(NC(=O)Cc2ccc(N)cn2)ccc1F. The number of halogens is 1. The van der Waals surface area contributed by atoms with Gasteiger partial charge < -0.3 is 11.1 Å². The zero-order chi connectivity index (χ0) is 13.8. The number of nitrogens with one attached hydrogen (secondary N) is 1. The highest BCUT2D eigenvalue weighted by atomic mass is 19.1. The van der Waals surface area contributed by atoms with Crippen LogP contribution in [-0.2, 0) is 11.2 Å². The van der Waals surface area contributed by atoms with E-state index in [1.165, 1.54) is 18.3 Å². The Hall–Kier alpha value is -2.43. The summed E-state index contributed by atoms with van der Waals surface area (Å²) in [5.41, 5.74) is 7.76. The molecule has 2 aromatic rings. The smallest absolute Gasteiger partial charge is 0.230 e. The summed E-state index contributed by atoms with van der Waals surface area (Å²) in [6.45, 7) is 1.65. The Labute approximate surface area is 110 Å². The number of nitrogens with two attached hydrogens (primary N) is 1. The first-order valence-corrected chi connectivity index (χ1v) is 5.81. The molecule has 5 heteroatoms. The van der Waals surface area contributed by atoms with Gasteiger partial charge in [-0.1, -0.05) is 0 Å². The van der Waals surface area contributed by atoms with E-state index in [4.69, 9.17) is 5.73 Å². The van der Waals surface area contributed by atoms with Crippen LogP contribution in [0.3, 0.4) is 0 Å². The van der Waals surface area contributed by atoms with E-state index in [0.717, 1.165) is 0 Å². The second kappa shape index (κ2) is 5.48. The van der Waals surface area contributed by atoms with Gasteiger partial charge in [0.1, 0.15) is 5.82 Å². The lowest BCUT2D eigenvalue weighted by atomic mass is 10.2. The Morgan fingerprint density at radius 1 is 1.37 bits per heavy atom. The van der Waals surface area contributed by atoms with Crippen molar-refractivity contribution >= 4 is 17.3 Å². The van der Waals surface area contributed by atoms with Crippen molar-refractivity contribution < 1.29 is 9.18 Å². The number of nitrogens with zero attached hydrogens (tertiary/aromatic N) is 1. The van der Waals surface area contributed by atoms with E-state index in [2.05, 4.69) is 10.3 Å². The van der Waals surface area contributed by atoms with Crippen LogP contribution in [0.25, 0.3) is 0 Å². The summed E-state index contributed by atoms with van der Waals surface area (Å²) in [5.74, 6) is -0.499. The van der Waals surface area contributed by atoms with E-state index in [1.54, 1.807) is 25.1 Å². The van der Waals surface area contributed by atoms with Crippen LogP contribution in [0.2, 0.25) is 0 Å². The first-order valence-electron chi connectivity index (χ1n) is 5.81. The van der Waals surface area contributed by atoms with Gasteiger partial charge in [0.15, 0.2) is 0 Å². The van der Waals surface area contributed by atoms with Crippen LogP contribution in [0.15, 0.2) is 36.5 Å². The lowest BCUT2D eigenvalue weighted by Crippen LogP contribution is -2.15. The summed E-state index contributed by atoms with van der Waals surface area (Å²) in [5, 5.41) is 2.70. The summed E-state index contributed by atoms with van der Waals surface area (Å²) in [6, 6.07) is 7.83. The van der Waals surface area contributed by atoms with Gasteiger partial charge in [-0.15, -0.1) is 0 Å². The molecule has 98 valence electrons. The molecule has 1 heterocycles. The summed E-state index contributed by atoms with van der Waals surface area (Å²) in [6.07, 6.45) is 1.65. The van der Waals surface area contributed by atoms with Gasteiger partial charge in [-0.25, -0.2) is 4.39 Å². The van der Waals surface area contributed by atoms with Crippen LogP contribution in [0.5, 0.6) is 0 Å². The number of carbonyl (C=O) groups is 1. The van der Waals surface area contributed by atoms with Gasteiger partial charge >= 0.3 is 0 Å². The van der Waals surface area contributed by atoms with Crippen molar-refractivity contribution in [1.82, 2.24) is 4.98 Å². The quantitative estimate of drug-likeness (QED) is 0.888. The molecule has 4 nitrogen and oxygen atoms in total. The third-order valence-corrected chi connectivity index (χ3v) is 2.63. The molecule has 0 aliphatic carbocycles. The van der Waals surface area contributed by atoms with Gasteiger partial charge in [0.05, 0.1) is 18.3 Å². The number of benzene rings is 1. The van der Waals surface area contributed by atoms with Gasteiger partial charge in [-0.2, -0.15) is 0 Å². The molecule has 2 rings (SSSR count). The van der Waals surface area contributed by atoms with Crippen molar-refractivity contribution in [2.24, 2.45) is 0 Å². The van der Waals surface area contributed by atoms with Gasteiger partial charge in [-0.3, -0.25) is 9.78 Å². The van der Waals surface area contributed by atoms with E-state index < -0.39 is 0 Å². The van der Waals surface area contributed by atoms with Crippen molar-refractivity contribution in [3.8, 4) is 0 Å². The third-order valence-electron chi connectivity index (χ3n) is 2.63. The summed E-state index contributed by atoms with van der Waals surface area (Å²) in [4.78, 5) is 15.8. The molecule has 0 saturated carbocycles. The lowest BCUT2D eigenvalue weighted by molar-refractivity contribution is -0.115. The number of anilines is 2. The topological polar surface area (TPSA) is 68.0 Å². The van der Waals surface area contributed by atoms with Crippen LogP contribution in [0.4, 0.5) is 15.8 Å². The average molecular weight is 259 g/mol. The monoisotopic (exact) mass is 259 g/mol. The number of rotatable bonds is 3. The molecule has 1 aromatic heterocycles. The van der Waals surface area contributed by atoms with Gasteiger partial charge in [-0.05, 0) is 42.8 Å². The molecule has 0 bridgehead atoms. The number of hydrogen-bond donors (Lipinski definition) is 2. The number of carbonyl (C=O) groups excluding carboxylic acids is 1. The fraction of sp³-hybridized carbons (Fsp3) is 0.143. The van der Waals surface area contributed by atoms with E-state index in [1.807, 2.05) is 0 Å². The van der Waals surface area contributed by atoms with Crippen LogP contribution >= 0.6 is 0 Å². The van der Waals surface area contributed by atoms with Crippen LogP contribution in [-0.4, -0.2) is 10.9 Å². The molecule has 0 aliphatic heterocycles. The fourth-order valence-electron chi connectivity index (χ4n) is 1.63. The van der Waals surface area contributed by atoms with Gasteiger partial charge in [0, 0.05) is 11.4 Å². The molecule has 0 atom stereocenters. The predicted octanol–water partition coefficient (Wildman–Crippen LogP) is 2.29. The molecule has 0 unspecified atom stereocenters. The Morgan fingerprint density at radius 2 is 2.16 bits per heavy atom. The molecule has 1 aromatic carbocycles. The molecular weight excluding hydrogens is 245 g/mol. The van der Waals surface area contributed by atoms with Crippen molar-refractivity contribution in [2.75, 3.05) is 11.1 Å². The number of pyridine rings is 1. The summed E-state index contributed by atoms with van der Waals surface area (Å²) < 4.78 is 13.1. The molecule has 0 saturated heterocycles. The van der Waals surface area contributed by atoms with Gasteiger partial charge in [0.2, 0.25) is 5.91 Å². The molecular formula is C14H14FN3O. The van der Waals surface area contributed by atoms with Gasteiger partial charge in [0.25, 0.3) is 0 Å². The minimum absolute atomic E-state index is 0.150. The molecule has 19 heavy (non-hydrogen) atoms. The fourth-order valence-corrected chi connectivity index (χ4v) is 1.63. The third kappa shape index (κ3) is 3.51. The summed E-state index contributed by atoms with van der Waals surface area (Å²) >= 11 is 0. The molecule has 0 radical (unpaired) electrons. The molecule has 0 aliphatic rings. The zero-order valence-corrected chi connectivity index (χ0v) is 10.5. The maximum absolute atomic E-state index is 13.1. The first-order chi connectivity index (χ1) is 9.04. The standard InChI is InChI=1S/C14H14FN3O/c1-9-6-12(4-5-13(9)15)18-14(19)7-11-3-2-10(16)8-17-11/h2-6,8H,7,16H2,1H3,(H,18,19). The molecule has 0 fully saturated rings. The number of nitrogen functional groups attached to an aromatic ring is 1. The second-order valence-corrected chi connectivity index (χ2v) is 4.27. The highest BCUT2D eigenvalue weighted by Crippen LogP contribution is 2.14. The van der Waals surface area contributed by atoms with Crippen molar-refractivity contribution in [3.63, 3.8) is 0 Å². The first kappa shape index (κ1) is 13.0. The highest BCUT2D eigenvalue weighted by Gasteiger charge is 2.06. The molecule has 3 N–H and O–H groups in total. The number of aryl methyl sites for hydroxylation is 1. The number of amides is 1. The highest BCUT2D eigenvalue weighted by molar-refractivity contribution is 5.92. The Bertz CT molecular complexity index is 596. The Morgan fingerprint density at radius 3 is 2.79 bits per heavy atom. The maximum atomic E-state index is 13.1. The van der Waals surface area contributed by atoms with Crippen molar-refractivity contribution in [2.45, 2.75) is 13.3 Å². The van der Waals surface area contributed by atoms with E-state index in [9.17, 15) is 9.18 Å². The van der Waals surface area contributed by atoms with Crippen LogP contribution in [0.1, 0.15) is 11.3 Å². The van der Waals surface area contributed by atoms with Crippen LogP contribution in [0, 0.1) is 12.7 Å². The minimum atomic E-state index is -0.293. The predicted molar refractivity (Wildman–Crippen MR) is 72.1 cm³/mol. The lowest BCUT2D eigenvalue weighted by Gasteiger charge is -2.06. The van der Waals surface area contributed by atoms with E-state index in [-0.39, 0.29) is 18.1 Å². The average Bonchev–Trinajstić information content (AvgIpc) is 2.37. The van der Waals surface area contributed by atoms with Crippen LogP contribution < -0.4 is 11.1 Å². The van der Waals surface area contributed by atoms with Crippen molar-refractivity contribution in [1.29, 1.82) is 0 Å². The minimum Gasteiger partial charge on any atom is -0.397 e. The number of hydrogen-bond acceptors (Lipinski definition) is 3. The Kier molecular flexibility index (Phi) is 3.75. The summed E-state index contributed by atoms with van der Waals surface area (Å²) in [7, 11) is 0. The van der Waals surface area contributed by atoms with Crippen molar-refractivity contribution in [3.05, 3.63) is 53.6 Å². The van der Waals surface area contributed by atoms with E-state index >= 15 is 0 Å². The normalized spacial score (nSPS) is 10.2. The zero-order valence-electron chi connectivity index (χ0n) is 10.5. The second-order valence-electron chi connectivity index (χ2n) is 4.27. The largest absolute Gasteiger partial charge is 0.397 e.